The Balaban J connectivity index is 1.31. The molecule has 9 rings (SSSR count). The van der Waals surface area contributed by atoms with Crippen LogP contribution in [0.15, 0.2) is 154 Å². The molecule has 54 heavy (non-hydrogen) atoms. The number of hydrogen-bond donors (Lipinski definition) is 4. The van der Waals surface area contributed by atoms with Gasteiger partial charge in [-0.2, -0.15) is 0 Å². The molecule has 2 unspecified atom stereocenters. The van der Waals surface area contributed by atoms with Crippen molar-refractivity contribution in [1.29, 1.82) is 0 Å². The summed E-state index contributed by atoms with van der Waals surface area (Å²) < 4.78 is 0. The molecule has 0 saturated heterocycles. The molecular weight excluding hydrogens is 661 g/mol. The molecule has 0 amide bonds. The van der Waals surface area contributed by atoms with Gasteiger partial charge in [-0.05, 0) is 130 Å². The molecule has 4 aliphatic rings. The average Bonchev–Trinajstić information content (AvgIpc) is 3.96. The maximum atomic E-state index is 5.58. The van der Waals surface area contributed by atoms with E-state index in [1.54, 1.807) is 0 Å². The van der Waals surface area contributed by atoms with Gasteiger partial charge in [0, 0.05) is 39.6 Å². The van der Waals surface area contributed by atoms with E-state index >= 15 is 0 Å². The topological polar surface area (TPSA) is 76.6 Å². The van der Waals surface area contributed by atoms with Crippen LogP contribution in [0.5, 0.6) is 0 Å². The molecule has 4 aromatic carbocycles. The number of anilines is 1. The van der Waals surface area contributed by atoms with Gasteiger partial charge < -0.3 is 20.9 Å². The minimum atomic E-state index is -0.236. The van der Waals surface area contributed by atoms with Gasteiger partial charge in [0.15, 0.2) is 0 Å². The van der Waals surface area contributed by atoms with Gasteiger partial charge >= 0.3 is 0 Å². The fourth-order valence-corrected chi connectivity index (χ4v) is 8.62. The van der Waals surface area contributed by atoms with Crippen molar-refractivity contribution in [3.63, 3.8) is 0 Å². The van der Waals surface area contributed by atoms with Gasteiger partial charge in [0.2, 0.25) is 0 Å². The summed E-state index contributed by atoms with van der Waals surface area (Å²) in [5.74, 6) is 0. The Hall–Kier alpha value is -6.40. The second-order valence-corrected chi connectivity index (χ2v) is 14.9. The highest BCUT2D eigenvalue weighted by Gasteiger charge is 2.34. The van der Waals surface area contributed by atoms with Crippen LogP contribution < -0.4 is 16.0 Å². The molecule has 6 heteroatoms. The lowest BCUT2D eigenvalue weighted by atomic mass is 9.89. The molecule has 5 heterocycles. The third-order valence-corrected chi connectivity index (χ3v) is 10.7. The van der Waals surface area contributed by atoms with Crippen molar-refractivity contribution >= 4 is 33.9 Å². The van der Waals surface area contributed by atoms with E-state index in [-0.39, 0.29) is 12.1 Å². The molecule has 0 spiro atoms. The first-order valence-electron chi connectivity index (χ1n) is 18.7. The van der Waals surface area contributed by atoms with Gasteiger partial charge in [0.05, 0.1) is 34.5 Å². The van der Waals surface area contributed by atoms with Crippen LogP contribution in [-0.2, 0) is 0 Å². The molecule has 266 valence electrons. The molecule has 0 radical (unpaired) electrons. The van der Waals surface area contributed by atoms with Crippen molar-refractivity contribution in [3.05, 3.63) is 200 Å². The molecule has 1 aromatic heterocycles. The molecule has 0 aliphatic carbocycles. The molecule has 5 aromatic rings. The van der Waals surface area contributed by atoms with Crippen molar-refractivity contribution in [3.8, 4) is 0 Å². The number of allylic oxidation sites excluding steroid dienone is 3. The van der Waals surface area contributed by atoms with Crippen molar-refractivity contribution in [2.75, 3.05) is 5.32 Å². The Morgan fingerprint density at radius 3 is 2.00 bits per heavy atom. The van der Waals surface area contributed by atoms with Gasteiger partial charge in [0.1, 0.15) is 6.04 Å². The first-order chi connectivity index (χ1) is 26.2. The van der Waals surface area contributed by atoms with Crippen LogP contribution in [0.3, 0.4) is 0 Å². The van der Waals surface area contributed by atoms with Crippen LogP contribution in [0.1, 0.15) is 61.9 Å². The molecule has 0 fully saturated rings. The fourth-order valence-electron chi connectivity index (χ4n) is 8.62. The molecule has 2 atom stereocenters. The quantitative estimate of drug-likeness (QED) is 0.147. The number of H-pyrrole nitrogens is 1. The Labute approximate surface area is 317 Å². The van der Waals surface area contributed by atoms with E-state index in [9.17, 15) is 0 Å². The second-order valence-electron chi connectivity index (χ2n) is 14.9. The van der Waals surface area contributed by atoms with Gasteiger partial charge in [-0.25, -0.2) is 4.99 Å². The second kappa shape index (κ2) is 13.2. The van der Waals surface area contributed by atoms with E-state index in [1.807, 2.05) is 24.3 Å². The standard InChI is InChI=1S/C48H44N6/c1-27-21-29(3)43(30(4)22-27)45-37-19-17-35(51-37)40-26-42(50-34-15-11-8-12-16-34)48(54-40)46(44-31(5)23-28(2)24-32(44)6)38-20-18-36(52-38)39-25-41(47(45)53-39)49-33-13-9-7-10-14-33/h7-26,35,39,49,51-52,54H,1-6H3/b45-37-,48-46+,50-42?. The van der Waals surface area contributed by atoms with Crippen molar-refractivity contribution in [1.82, 2.24) is 15.6 Å². The summed E-state index contributed by atoms with van der Waals surface area (Å²) >= 11 is 0. The molecule has 4 aliphatic heterocycles. The maximum Gasteiger partial charge on any atom is 0.111 e. The highest BCUT2D eigenvalue weighted by Crippen LogP contribution is 2.41. The summed E-state index contributed by atoms with van der Waals surface area (Å²) in [5.41, 5.74) is 21.7. The van der Waals surface area contributed by atoms with Gasteiger partial charge in [-0.15, -0.1) is 0 Å². The Morgan fingerprint density at radius 1 is 0.704 bits per heavy atom. The number of aryl methyl sites for hydroxylation is 6. The zero-order valence-corrected chi connectivity index (χ0v) is 31.6. The van der Waals surface area contributed by atoms with Crippen LogP contribution in [0, 0.1) is 41.5 Å². The Bertz CT molecular complexity index is 2530. The number of benzene rings is 4. The third-order valence-electron chi connectivity index (χ3n) is 10.7. The largest absolute Gasteiger partial charge is 0.373 e. The third kappa shape index (κ3) is 5.94. The molecule has 8 bridgehead atoms. The number of para-hydroxylation sites is 2. The van der Waals surface area contributed by atoms with E-state index in [1.165, 1.54) is 44.5 Å². The number of hydrogen-bond acceptors (Lipinski definition) is 5. The number of fused-ring (bicyclic) bond motifs is 9. The predicted molar refractivity (Wildman–Crippen MR) is 224 cm³/mol. The van der Waals surface area contributed by atoms with Gasteiger partial charge in [0.25, 0.3) is 0 Å². The van der Waals surface area contributed by atoms with E-state index < -0.39 is 0 Å². The number of rotatable bonds is 5. The van der Waals surface area contributed by atoms with Crippen LogP contribution in [0.4, 0.5) is 11.4 Å². The molecule has 0 saturated carbocycles. The molecular formula is C48H44N6. The van der Waals surface area contributed by atoms with Crippen LogP contribution in [-0.4, -0.2) is 22.4 Å². The van der Waals surface area contributed by atoms with Crippen LogP contribution in [0.2, 0.25) is 0 Å². The first kappa shape index (κ1) is 33.4. The van der Waals surface area contributed by atoms with Crippen molar-refractivity contribution in [2.45, 2.75) is 53.6 Å². The minimum absolute atomic E-state index is 0.115. The predicted octanol–water partition coefficient (Wildman–Crippen LogP) is 10.3. The summed E-state index contributed by atoms with van der Waals surface area (Å²) in [6.45, 7) is 13.2. The van der Waals surface area contributed by atoms with E-state index in [0.29, 0.717) is 0 Å². The highest BCUT2D eigenvalue weighted by atomic mass is 15.1. The smallest absolute Gasteiger partial charge is 0.111 e. The summed E-state index contributed by atoms with van der Waals surface area (Å²) in [7, 11) is 0. The van der Waals surface area contributed by atoms with E-state index in [0.717, 1.165) is 68.1 Å². The van der Waals surface area contributed by atoms with Gasteiger partial charge in [-0.1, -0.05) is 77.9 Å². The maximum absolute atomic E-state index is 5.58. The number of nitrogens with zero attached hydrogens (tertiary/aromatic N) is 2. The lowest BCUT2D eigenvalue weighted by Crippen LogP contribution is -2.30. The fraction of sp³-hybridized carbons (Fsp3) is 0.167. The number of aromatic nitrogens is 1. The van der Waals surface area contributed by atoms with Crippen LogP contribution >= 0.6 is 0 Å². The van der Waals surface area contributed by atoms with Crippen molar-refractivity contribution < 1.29 is 0 Å². The van der Waals surface area contributed by atoms with E-state index in [2.05, 4.69) is 160 Å². The Kier molecular flexibility index (Phi) is 8.19. The first-order valence-corrected chi connectivity index (χ1v) is 18.7. The normalized spacial score (nSPS) is 22.0. The highest BCUT2D eigenvalue weighted by molar-refractivity contribution is 6.35. The summed E-state index contributed by atoms with van der Waals surface area (Å²) in [6, 6.07) is 33.8. The summed E-state index contributed by atoms with van der Waals surface area (Å²) in [5, 5.41) is 11.6. The summed E-state index contributed by atoms with van der Waals surface area (Å²) in [4.78, 5) is 14.7. The summed E-state index contributed by atoms with van der Waals surface area (Å²) in [6.07, 6.45) is 8.96. The monoisotopic (exact) mass is 704 g/mol. The SMILES string of the molecule is Cc1cc(C)c(/C2=C3\C=CC(N3)C3=CC(=Nc4ccccc4)/C(=C(\c4c(C)cc(C)cc4C)c4ccc([nH]4)C4C=C(Nc5ccccc5)C2=N4)N3)c(C)c1. The van der Waals surface area contributed by atoms with Gasteiger partial charge in [-0.3, -0.25) is 4.99 Å². The molecule has 4 N–H and O–H groups in total. The minimum Gasteiger partial charge on any atom is -0.373 e. The zero-order chi connectivity index (χ0) is 37.1. The number of aromatic amines is 1. The zero-order valence-electron chi connectivity index (χ0n) is 31.6. The lowest BCUT2D eigenvalue weighted by Gasteiger charge is -2.22. The van der Waals surface area contributed by atoms with Crippen molar-refractivity contribution in [2.24, 2.45) is 9.98 Å². The molecule has 6 nitrogen and oxygen atoms in total. The lowest BCUT2D eigenvalue weighted by molar-refractivity contribution is 0.759. The van der Waals surface area contributed by atoms with Crippen LogP contribution in [0.25, 0.3) is 11.1 Å². The number of aliphatic imine (C=N–C) groups is 2. The van der Waals surface area contributed by atoms with E-state index in [4.69, 9.17) is 9.98 Å². The average molecular weight is 705 g/mol. The Morgan fingerprint density at radius 2 is 1.33 bits per heavy atom. The number of nitrogens with one attached hydrogen (secondary N) is 4.